The number of ether oxygens (including phenoxy) is 2. The number of urea groups is 1. The molecule has 3 aromatic carbocycles. The van der Waals surface area contributed by atoms with Crippen molar-refractivity contribution < 1.29 is 23.9 Å². The van der Waals surface area contributed by atoms with E-state index in [4.69, 9.17) is 9.47 Å². The van der Waals surface area contributed by atoms with Gasteiger partial charge in [-0.1, -0.05) is 30.3 Å². The van der Waals surface area contributed by atoms with Crippen molar-refractivity contribution in [3.63, 3.8) is 0 Å². The summed E-state index contributed by atoms with van der Waals surface area (Å²) in [4.78, 5) is 46.8. The molecule has 0 aliphatic carbocycles. The maximum Gasteiger partial charge on any atom is 0.335 e. The molecular weight excluding hydrogens is 484 g/mol. The molecule has 2 fully saturated rings. The fraction of sp³-hybridized carbons (Fsp3) is 0.276. The summed E-state index contributed by atoms with van der Waals surface area (Å²) in [6.45, 7) is 1.68. The van der Waals surface area contributed by atoms with E-state index in [2.05, 4.69) is 15.1 Å². The molecule has 0 unspecified atom stereocenters. The first-order valence-electron chi connectivity index (χ1n) is 12.5. The van der Waals surface area contributed by atoms with Gasteiger partial charge in [-0.3, -0.25) is 14.9 Å². The van der Waals surface area contributed by atoms with Gasteiger partial charge in [0.25, 0.3) is 5.91 Å². The summed E-state index contributed by atoms with van der Waals surface area (Å²) in [6, 6.07) is 21.0. The number of nitrogens with one attached hydrogen (secondary N) is 1. The number of piperazine rings is 1. The van der Waals surface area contributed by atoms with Gasteiger partial charge in [-0.25, -0.2) is 9.69 Å². The van der Waals surface area contributed by atoms with E-state index in [1.165, 1.54) is 0 Å². The highest BCUT2D eigenvalue weighted by molar-refractivity contribution is 6.30. The Morgan fingerprint density at radius 2 is 1.55 bits per heavy atom. The minimum Gasteiger partial charge on any atom is -0.497 e. The standard InChI is InChI=1S/C29H28N4O5/c1-37-21-13-11-20(12-14-21)33-27(35)29(26(34)30-28(33)36)17-19-7-3-4-8-22(19)32-16-15-31(18-25(29)32)23-9-5-6-10-24(23)38-2/h3-14,25H,15-18H2,1-2H3,(H,30,34,36)/t25-,29-/m1/s1. The first-order chi connectivity index (χ1) is 18.5. The number of carbonyl (C=O) groups excluding carboxylic acids is 3. The summed E-state index contributed by atoms with van der Waals surface area (Å²) < 4.78 is 10.9. The van der Waals surface area contributed by atoms with Crippen LogP contribution in [0.3, 0.4) is 0 Å². The lowest BCUT2D eigenvalue weighted by atomic mass is 9.67. The first-order valence-corrected chi connectivity index (χ1v) is 12.5. The van der Waals surface area contributed by atoms with Crippen molar-refractivity contribution in [2.45, 2.75) is 12.5 Å². The van der Waals surface area contributed by atoms with Crippen molar-refractivity contribution in [1.82, 2.24) is 5.32 Å². The summed E-state index contributed by atoms with van der Waals surface area (Å²) in [5, 5.41) is 2.51. The zero-order chi connectivity index (χ0) is 26.4. The predicted octanol–water partition coefficient (Wildman–Crippen LogP) is 3.22. The summed E-state index contributed by atoms with van der Waals surface area (Å²) in [5.41, 5.74) is 1.68. The van der Waals surface area contributed by atoms with E-state index in [1.807, 2.05) is 48.5 Å². The molecule has 1 N–H and O–H groups in total. The fourth-order valence-corrected chi connectivity index (χ4v) is 6.03. The highest BCUT2D eigenvalue weighted by Gasteiger charge is 2.63. The third-order valence-corrected chi connectivity index (χ3v) is 7.89. The quantitative estimate of drug-likeness (QED) is 0.537. The summed E-state index contributed by atoms with van der Waals surface area (Å²) in [6.07, 6.45) is 0.189. The van der Waals surface area contributed by atoms with Crippen LogP contribution in [0.15, 0.2) is 72.8 Å². The largest absolute Gasteiger partial charge is 0.497 e. The van der Waals surface area contributed by atoms with Crippen molar-refractivity contribution in [1.29, 1.82) is 0 Å². The second-order valence-corrected chi connectivity index (χ2v) is 9.70. The molecule has 4 amide bonds. The van der Waals surface area contributed by atoms with E-state index in [0.717, 1.165) is 27.6 Å². The van der Waals surface area contributed by atoms with Crippen molar-refractivity contribution in [2.75, 3.05) is 48.6 Å². The number of methoxy groups -OCH3 is 2. The van der Waals surface area contributed by atoms with Gasteiger partial charge < -0.3 is 19.3 Å². The number of hydrogen-bond acceptors (Lipinski definition) is 7. The van der Waals surface area contributed by atoms with Gasteiger partial charge in [0.05, 0.1) is 31.6 Å². The van der Waals surface area contributed by atoms with E-state index >= 15 is 0 Å². The second kappa shape index (κ2) is 9.09. The lowest BCUT2D eigenvalue weighted by molar-refractivity contribution is -0.144. The average Bonchev–Trinajstić information content (AvgIpc) is 2.96. The number of amides is 4. The van der Waals surface area contributed by atoms with Crippen LogP contribution < -0.4 is 29.5 Å². The fourth-order valence-electron chi connectivity index (χ4n) is 6.03. The first kappa shape index (κ1) is 23.8. The monoisotopic (exact) mass is 512 g/mol. The molecule has 3 aliphatic heterocycles. The molecule has 194 valence electrons. The molecule has 6 rings (SSSR count). The van der Waals surface area contributed by atoms with Gasteiger partial charge in [0, 0.05) is 25.3 Å². The Morgan fingerprint density at radius 1 is 0.842 bits per heavy atom. The van der Waals surface area contributed by atoms with E-state index in [1.54, 1.807) is 38.5 Å². The second-order valence-electron chi connectivity index (χ2n) is 9.70. The molecule has 3 heterocycles. The Kier molecular flexibility index (Phi) is 5.71. The van der Waals surface area contributed by atoms with Crippen LogP contribution in [-0.2, 0) is 16.0 Å². The van der Waals surface area contributed by atoms with Crippen molar-refractivity contribution in [3.8, 4) is 11.5 Å². The van der Waals surface area contributed by atoms with Gasteiger partial charge in [-0.2, -0.15) is 0 Å². The molecule has 1 spiro atoms. The number of nitrogens with zero attached hydrogens (tertiary/aromatic N) is 3. The summed E-state index contributed by atoms with van der Waals surface area (Å²) in [5.74, 6) is 0.231. The number of fused-ring (bicyclic) bond motifs is 4. The molecule has 3 aromatic rings. The Morgan fingerprint density at radius 3 is 2.29 bits per heavy atom. The molecular formula is C29H28N4O5. The molecule has 9 nitrogen and oxygen atoms in total. The predicted molar refractivity (Wildman–Crippen MR) is 143 cm³/mol. The summed E-state index contributed by atoms with van der Waals surface area (Å²) >= 11 is 0. The maximum atomic E-state index is 14.5. The average molecular weight is 513 g/mol. The van der Waals surface area contributed by atoms with Gasteiger partial charge in [0.2, 0.25) is 5.91 Å². The van der Waals surface area contributed by atoms with Crippen LogP contribution >= 0.6 is 0 Å². The lowest BCUT2D eigenvalue weighted by Crippen LogP contribution is -2.75. The molecule has 3 aliphatic rings. The summed E-state index contributed by atoms with van der Waals surface area (Å²) in [7, 11) is 3.18. The maximum absolute atomic E-state index is 14.5. The number of imide groups is 2. The molecule has 0 aromatic heterocycles. The van der Waals surface area contributed by atoms with Crippen LogP contribution in [0.25, 0.3) is 0 Å². The smallest absolute Gasteiger partial charge is 0.335 e. The molecule has 2 atom stereocenters. The Hall–Kier alpha value is -4.53. The van der Waals surface area contributed by atoms with E-state index in [0.29, 0.717) is 31.1 Å². The number of carbonyl (C=O) groups is 3. The number of para-hydroxylation sites is 3. The SMILES string of the molecule is COc1ccc(N2C(=O)NC(=O)[C@]3(Cc4ccccc4N4CCN(c5ccccc5OC)C[C@@H]43)C2=O)cc1. The highest BCUT2D eigenvalue weighted by Crippen LogP contribution is 2.47. The van der Waals surface area contributed by atoms with E-state index < -0.39 is 29.3 Å². The zero-order valence-electron chi connectivity index (χ0n) is 21.2. The van der Waals surface area contributed by atoms with Gasteiger partial charge in [0.1, 0.15) is 11.5 Å². The third kappa shape index (κ3) is 3.49. The zero-order valence-corrected chi connectivity index (χ0v) is 21.2. The van der Waals surface area contributed by atoms with Crippen LogP contribution in [-0.4, -0.2) is 57.7 Å². The Balaban J connectivity index is 1.47. The van der Waals surface area contributed by atoms with Crippen LogP contribution in [0.5, 0.6) is 11.5 Å². The normalized spacial score (nSPS) is 22.6. The third-order valence-electron chi connectivity index (χ3n) is 7.89. The van der Waals surface area contributed by atoms with E-state index in [-0.39, 0.29) is 6.42 Å². The molecule has 0 radical (unpaired) electrons. The Bertz CT molecular complexity index is 1420. The van der Waals surface area contributed by atoms with Crippen molar-refractivity contribution in [2.24, 2.45) is 5.41 Å². The number of barbiturate groups is 1. The van der Waals surface area contributed by atoms with Crippen molar-refractivity contribution in [3.05, 3.63) is 78.4 Å². The van der Waals surface area contributed by atoms with Crippen LogP contribution in [0, 0.1) is 5.41 Å². The van der Waals surface area contributed by atoms with Crippen LogP contribution in [0.4, 0.5) is 21.9 Å². The molecule has 0 saturated carbocycles. The van der Waals surface area contributed by atoms with Crippen molar-refractivity contribution >= 4 is 34.9 Å². The Labute approximate surface area is 220 Å². The minimum atomic E-state index is -1.51. The molecule has 9 heteroatoms. The highest BCUT2D eigenvalue weighted by atomic mass is 16.5. The van der Waals surface area contributed by atoms with Gasteiger partial charge in [-0.15, -0.1) is 0 Å². The molecule has 2 saturated heterocycles. The minimum absolute atomic E-state index is 0.189. The topological polar surface area (TPSA) is 91.4 Å². The number of hydrogen-bond donors (Lipinski definition) is 1. The van der Waals surface area contributed by atoms with Crippen LogP contribution in [0.1, 0.15) is 5.56 Å². The number of benzene rings is 3. The molecule has 38 heavy (non-hydrogen) atoms. The number of rotatable bonds is 4. The molecule has 0 bridgehead atoms. The van der Waals surface area contributed by atoms with Gasteiger partial charge >= 0.3 is 6.03 Å². The lowest BCUT2D eigenvalue weighted by Gasteiger charge is -2.55. The van der Waals surface area contributed by atoms with Gasteiger partial charge in [-0.05, 0) is 54.4 Å². The van der Waals surface area contributed by atoms with Crippen LogP contribution in [0.2, 0.25) is 0 Å². The van der Waals surface area contributed by atoms with E-state index in [9.17, 15) is 14.4 Å². The number of anilines is 3. The van der Waals surface area contributed by atoms with Gasteiger partial charge in [0.15, 0.2) is 5.41 Å².